The number of alkyl halides is 2. The fourth-order valence-corrected chi connectivity index (χ4v) is 4.30. The van der Waals surface area contributed by atoms with Crippen LogP contribution in [0.3, 0.4) is 0 Å². The van der Waals surface area contributed by atoms with Gasteiger partial charge in [-0.05, 0) is 56.6 Å². The van der Waals surface area contributed by atoms with Crippen molar-refractivity contribution in [3.05, 3.63) is 48.7 Å². The molecule has 30 heavy (non-hydrogen) atoms. The molecule has 3 rings (SSSR count). The first kappa shape index (κ1) is 22.2. The Balaban J connectivity index is 2.04. The molecule has 0 aromatic heterocycles. The molecule has 0 spiro atoms. The standard InChI is InChI=1S/C23H29F2N3O2/c1-5-28(14(2)3)20-12-16(19-10-11-26-13-23(19,24)25)6-7-17(20)15(4)18-8-9-21(29)27-22(18)30/h5-7,12,14,18-19,26H,1,4,8-11,13H2,2-3H3,(H,27,29,30). The molecule has 1 aromatic rings. The fourth-order valence-electron chi connectivity index (χ4n) is 4.30. The molecule has 162 valence electrons. The van der Waals surface area contributed by atoms with Crippen molar-refractivity contribution < 1.29 is 18.4 Å². The summed E-state index contributed by atoms with van der Waals surface area (Å²) < 4.78 is 29.1. The minimum atomic E-state index is -2.84. The predicted molar refractivity (Wildman–Crippen MR) is 114 cm³/mol. The smallest absolute Gasteiger partial charge is 0.267 e. The summed E-state index contributed by atoms with van der Waals surface area (Å²) in [6.07, 6.45) is 2.63. The van der Waals surface area contributed by atoms with Crippen molar-refractivity contribution in [2.45, 2.75) is 51.0 Å². The highest BCUT2D eigenvalue weighted by Crippen LogP contribution is 2.42. The third-order valence-corrected chi connectivity index (χ3v) is 5.94. The summed E-state index contributed by atoms with van der Waals surface area (Å²) in [5, 5.41) is 5.12. The molecule has 2 aliphatic rings. The van der Waals surface area contributed by atoms with Gasteiger partial charge in [-0.2, -0.15) is 0 Å². The number of anilines is 1. The van der Waals surface area contributed by atoms with Gasteiger partial charge in [0.05, 0.1) is 18.4 Å². The maximum Gasteiger partial charge on any atom is 0.267 e. The van der Waals surface area contributed by atoms with Crippen LogP contribution in [-0.4, -0.2) is 36.9 Å². The van der Waals surface area contributed by atoms with Crippen LogP contribution in [0, 0.1) is 5.92 Å². The maximum atomic E-state index is 14.6. The van der Waals surface area contributed by atoms with Gasteiger partial charge in [0.15, 0.2) is 0 Å². The summed E-state index contributed by atoms with van der Waals surface area (Å²) >= 11 is 0. The van der Waals surface area contributed by atoms with E-state index in [1.165, 1.54) is 0 Å². The van der Waals surface area contributed by atoms with E-state index in [9.17, 15) is 18.4 Å². The number of carbonyl (C=O) groups excluding carboxylic acids is 2. The van der Waals surface area contributed by atoms with E-state index in [0.29, 0.717) is 41.8 Å². The molecule has 2 atom stereocenters. The van der Waals surface area contributed by atoms with Gasteiger partial charge in [0.1, 0.15) is 0 Å². The molecule has 2 unspecified atom stereocenters. The quantitative estimate of drug-likeness (QED) is 0.691. The second kappa shape index (κ2) is 8.68. The van der Waals surface area contributed by atoms with Gasteiger partial charge < -0.3 is 10.2 Å². The summed E-state index contributed by atoms with van der Waals surface area (Å²) in [6.45, 7) is 12.2. The Kier molecular flexibility index (Phi) is 6.41. The van der Waals surface area contributed by atoms with Gasteiger partial charge in [-0.1, -0.05) is 25.3 Å². The highest BCUT2D eigenvalue weighted by atomic mass is 19.3. The number of imide groups is 1. The van der Waals surface area contributed by atoms with Crippen molar-refractivity contribution in [3.63, 3.8) is 0 Å². The van der Waals surface area contributed by atoms with Gasteiger partial charge >= 0.3 is 0 Å². The molecule has 2 N–H and O–H groups in total. The molecule has 1 aromatic carbocycles. The topological polar surface area (TPSA) is 61.4 Å². The lowest BCUT2D eigenvalue weighted by atomic mass is 9.82. The summed E-state index contributed by atoms with van der Waals surface area (Å²) in [4.78, 5) is 25.8. The van der Waals surface area contributed by atoms with E-state index >= 15 is 0 Å². The number of rotatable bonds is 6. The summed E-state index contributed by atoms with van der Waals surface area (Å²) in [6, 6.07) is 5.28. The zero-order valence-corrected chi connectivity index (χ0v) is 17.5. The van der Waals surface area contributed by atoms with Crippen molar-refractivity contribution in [1.82, 2.24) is 10.6 Å². The number of halogens is 2. The monoisotopic (exact) mass is 417 g/mol. The van der Waals surface area contributed by atoms with E-state index in [-0.39, 0.29) is 30.8 Å². The zero-order chi connectivity index (χ0) is 22.1. The first-order valence-corrected chi connectivity index (χ1v) is 10.3. The van der Waals surface area contributed by atoms with Crippen molar-refractivity contribution >= 4 is 23.1 Å². The predicted octanol–water partition coefficient (Wildman–Crippen LogP) is 3.82. The average molecular weight is 418 g/mol. The van der Waals surface area contributed by atoms with Gasteiger partial charge in [-0.3, -0.25) is 14.9 Å². The van der Waals surface area contributed by atoms with E-state index in [2.05, 4.69) is 23.8 Å². The Morgan fingerprint density at radius 2 is 2.03 bits per heavy atom. The van der Waals surface area contributed by atoms with Crippen LogP contribution < -0.4 is 15.5 Å². The molecule has 7 heteroatoms. The molecule has 0 bridgehead atoms. The number of amides is 2. The third kappa shape index (κ3) is 4.31. The van der Waals surface area contributed by atoms with Crippen LogP contribution in [0.5, 0.6) is 0 Å². The number of piperidine rings is 2. The van der Waals surface area contributed by atoms with Crippen LogP contribution >= 0.6 is 0 Å². The van der Waals surface area contributed by atoms with Crippen LogP contribution in [0.25, 0.3) is 5.57 Å². The Morgan fingerprint density at radius 1 is 1.30 bits per heavy atom. The molecule has 0 saturated carbocycles. The number of nitrogens with one attached hydrogen (secondary N) is 2. The SMILES string of the molecule is C=CN(c1cc(C2CCNCC2(F)F)ccc1C(=C)C1CCC(=O)NC1=O)C(C)C. The minimum absolute atomic E-state index is 0.0274. The van der Waals surface area contributed by atoms with E-state index in [4.69, 9.17) is 0 Å². The highest BCUT2D eigenvalue weighted by molar-refractivity contribution is 6.04. The Labute approximate surface area is 176 Å². The second-order valence-corrected chi connectivity index (χ2v) is 8.27. The molecule has 2 fully saturated rings. The van der Waals surface area contributed by atoms with Crippen LogP contribution in [0.4, 0.5) is 14.5 Å². The van der Waals surface area contributed by atoms with Gasteiger partial charge in [-0.15, -0.1) is 0 Å². The molecule has 2 heterocycles. The number of carbonyl (C=O) groups is 2. The maximum absolute atomic E-state index is 14.6. The molecule has 5 nitrogen and oxygen atoms in total. The van der Waals surface area contributed by atoms with E-state index in [1.54, 1.807) is 24.4 Å². The average Bonchev–Trinajstić information content (AvgIpc) is 2.67. The molecule has 2 aliphatic heterocycles. The first-order chi connectivity index (χ1) is 14.2. The number of hydrogen-bond acceptors (Lipinski definition) is 4. The molecular weight excluding hydrogens is 388 g/mol. The lowest BCUT2D eigenvalue weighted by molar-refractivity contribution is -0.134. The van der Waals surface area contributed by atoms with Crippen LogP contribution in [0.15, 0.2) is 37.6 Å². The Bertz CT molecular complexity index is 866. The second-order valence-electron chi connectivity index (χ2n) is 8.27. The number of nitrogens with zero attached hydrogens (tertiary/aromatic N) is 1. The normalized spacial score (nSPS) is 23.8. The van der Waals surface area contributed by atoms with Crippen molar-refractivity contribution in [1.29, 1.82) is 0 Å². The number of hydrogen-bond donors (Lipinski definition) is 2. The molecule has 0 radical (unpaired) electrons. The Morgan fingerprint density at radius 3 is 2.63 bits per heavy atom. The van der Waals surface area contributed by atoms with Gasteiger partial charge in [0, 0.05) is 23.7 Å². The van der Waals surface area contributed by atoms with E-state index < -0.39 is 17.8 Å². The molecule has 0 aliphatic carbocycles. The molecular formula is C23H29F2N3O2. The zero-order valence-electron chi connectivity index (χ0n) is 17.5. The van der Waals surface area contributed by atoms with E-state index in [1.807, 2.05) is 18.7 Å². The largest absolute Gasteiger partial charge is 0.346 e. The lowest BCUT2D eigenvalue weighted by Gasteiger charge is -2.34. The van der Waals surface area contributed by atoms with Crippen molar-refractivity contribution in [3.8, 4) is 0 Å². The lowest BCUT2D eigenvalue weighted by Crippen LogP contribution is -2.44. The fraction of sp³-hybridized carbons (Fsp3) is 0.478. The van der Waals surface area contributed by atoms with Gasteiger partial charge in [0.2, 0.25) is 11.8 Å². The Hall–Kier alpha value is -2.54. The van der Waals surface area contributed by atoms with Gasteiger partial charge in [-0.25, -0.2) is 8.78 Å². The van der Waals surface area contributed by atoms with Crippen molar-refractivity contribution in [2.24, 2.45) is 5.92 Å². The minimum Gasteiger partial charge on any atom is -0.346 e. The van der Waals surface area contributed by atoms with Crippen LogP contribution in [-0.2, 0) is 9.59 Å². The summed E-state index contributed by atoms with van der Waals surface area (Å²) in [5.74, 6) is -4.91. The molecule has 2 amide bonds. The van der Waals surface area contributed by atoms with E-state index in [0.717, 1.165) is 0 Å². The summed E-state index contributed by atoms with van der Waals surface area (Å²) in [5.41, 5.74) is 2.54. The van der Waals surface area contributed by atoms with Crippen LogP contribution in [0.2, 0.25) is 0 Å². The van der Waals surface area contributed by atoms with Gasteiger partial charge in [0.25, 0.3) is 5.92 Å². The van der Waals surface area contributed by atoms with Crippen molar-refractivity contribution in [2.75, 3.05) is 18.0 Å². The third-order valence-electron chi connectivity index (χ3n) is 5.94. The highest BCUT2D eigenvalue weighted by Gasteiger charge is 2.42. The molecule has 2 saturated heterocycles. The van der Waals surface area contributed by atoms with Crippen LogP contribution in [0.1, 0.15) is 50.2 Å². The summed E-state index contributed by atoms with van der Waals surface area (Å²) in [7, 11) is 0. The first-order valence-electron chi connectivity index (χ1n) is 10.3. The number of benzene rings is 1.